The standard InChI is InChI=1S/C10H13N3.CH4/c1-10(2,3)8-5-4-7-6-11-13-9(7)12-8;/h4-6H,1-3H3,(H,11,12,13);1H4. The second-order valence-electron chi connectivity index (χ2n) is 4.25. The van der Waals surface area contributed by atoms with Crippen LogP contribution in [0.25, 0.3) is 11.0 Å². The molecule has 2 aromatic rings. The molecule has 0 unspecified atom stereocenters. The number of rotatable bonds is 0. The zero-order valence-electron chi connectivity index (χ0n) is 8.13. The zero-order valence-corrected chi connectivity index (χ0v) is 8.13. The molecular formula is C11H17N3. The van der Waals surface area contributed by atoms with Crippen LogP contribution >= 0.6 is 0 Å². The van der Waals surface area contributed by atoms with Crippen molar-refractivity contribution in [3.8, 4) is 0 Å². The molecule has 0 aliphatic heterocycles. The summed E-state index contributed by atoms with van der Waals surface area (Å²) in [6.07, 6.45) is 1.79. The monoisotopic (exact) mass is 191 g/mol. The molecule has 2 aromatic heterocycles. The number of hydrogen-bond acceptors (Lipinski definition) is 2. The molecule has 0 bridgehead atoms. The summed E-state index contributed by atoms with van der Waals surface area (Å²) in [5.41, 5.74) is 2.05. The van der Waals surface area contributed by atoms with Gasteiger partial charge in [0.1, 0.15) is 0 Å². The van der Waals surface area contributed by atoms with Crippen LogP contribution < -0.4 is 0 Å². The van der Waals surface area contributed by atoms with Crippen LogP contribution in [-0.4, -0.2) is 15.2 Å². The largest absolute Gasteiger partial charge is 0.261 e. The molecule has 0 atom stereocenters. The smallest absolute Gasteiger partial charge is 0.155 e. The molecule has 0 saturated carbocycles. The summed E-state index contributed by atoms with van der Waals surface area (Å²) in [4.78, 5) is 4.49. The van der Waals surface area contributed by atoms with Gasteiger partial charge in [-0.15, -0.1) is 0 Å². The predicted octanol–water partition coefficient (Wildman–Crippen LogP) is 2.89. The van der Waals surface area contributed by atoms with Crippen molar-refractivity contribution in [3.63, 3.8) is 0 Å². The lowest BCUT2D eigenvalue weighted by molar-refractivity contribution is 0.571. The van der Waals surface area contributed by atoms with Gasteiger partial charge in [-0.2, -0.15) is 5.10 Å². The minimum atomic E-state index is 0. The van der Waals surface area contributed by atoms with Gasteiger partial charge in [0.2, 0.25) is 0 Å². The summed E-state index contributed by atoms with van der Waals surface area (Å²) in [6.45, 7) is 6.45. The van der Waals surface area contributed by atoms with Crippen molar-refractivity contribution in [2.24, 2.45) is 0 Å². The van der Waals surface area contributed by atoms with Crippen molar-refractivity contribution in [2.75, 3.05) is 0 Å². The number of aromatic nitrogens is 3. The number of hydrogen-bond donors (Lipinski definition) is 1. The Bertz CT molecular complexity index is 423. The van der Waals surface area contributed by atoms with Crippen LogP contribution in [0.4, 0.5) is 0 Å². The fourth-order valence-electron chi connectivity index (χ4n) is 1.24. The lowest BCUT2D eigenvalue weighted by atomic mass is 9.91. The fourth-order valence-corrected chi connectivity index (χ4v) is 1.24. The molecule has 2 heterocycles. The molecule has 0 amide bonds. The lowest BCUT2D eigenvalue weighted by Gasteiger charge is -2.16. The predicted molar refractivity (Wildman–Crippen MR) is 59.3 cm³/mol. The molecule has 0 aromatic carbocycles. The van der Waals surface area contributed by atoms with Crippen molar-refractivity contribution in [3.05, 3.63) is 24.0 Å². The van der Waals surface area contributed by atoms with Gasteiger partial charge >= 0.3 is 0 Å². The van der Waals surface area contributed by atoms with Gasteiger partial charge in [-0.25, -0.2) is 4.98 Å². The number of H-pyrrole nitrogens is 1. The van der Waals surface area contributed by atoms with Crippen molar-refractivity contribution < 1.29 is 0 Å². The van der Waals surface area contributed by atoms with Gasteiger partial charge in [0.05, 0.1) is 6.20 Å². The Labute approximate surface area is 84.6 Å². The molecule has 3 nitrogen and oxygen atoms in total. The van der Waals surface area contributed by atoms with Gasteiger partial charge in [-0.1, -0.05) is 28.2 Å². The van der Waals surface area contributed by atoms with Crippen molar-refractivity contribution in [2.45, 2.75) is 33.6 Å². The highest BCUT2D eigenvalue weighted by Gasteiger charge is 2.15. The molecule has 0 saturated heterocycles. The average molecular weight is 191 g/mol. The topological polar surface area (TPSA) is 41.6 Å². The van der Waals surface area contributed by atoms with Gasteiger partial charge in [-0.3, -0.25) is 5.10 Å². The van der Waals surface area contributed by atoms with Gasteiger partial charge in [0, 0.05) is 16.5 Å². The summed E-state index contributed by atoms with van der Waals surface area (Å²) in [7, 11) is 0. The molecule has 0 radical (unpaired) electrons. The van der Waals surface area contributed by atoms with Crippen molar-refractivity contribution in [1.29, 1.82) is 0 Å². The first-order valence-corrected chi connectivity index (χ1v) is 4.38. The Morgan fingerprint density at radius 2 is 1.93 bits per heavy atom. The van der Waals surface area contributed by atoms with Crippen LogP contribution in [-0.2, 0) is 5.41 Å². The molecule has 2 rings (SSSR count). The third-order valence-electron chi connectivity index (χ3n) is 2.07. The second-order valence-corrected chi connectivity index (χ2v) is 4.25. The van der Waals surface area contributed by atoms with Crippen LogP contribution in [0.1, 0.15) is 33.9 Å². The summed E-state index contributed by atoms with van der Waals surface area (Å²) >= 11 is 0. The van der Waals surface area contributed by atoms with E-state index in [0.717, 1.165) is 16.7 Å². The van der Waals surface area contributed by atoms with E-state index < -0.39 is 0 Å². The van der Waals surface area contributed by atoms with E-state index in [9.17, 15) is 0 Å². The minimum Gasteiger partial charge on any atom is -0.261 e. The van der Waals surface area contributed by atoms with E-state index >= 15 is 0 Å². The van der Waals surface area contributed by atoms with E-state index in [-0.39, 0.29) is 12.8 Å². The molecule has 1 N–H and O–H groups in total. The van der Waals surface area contributed by atoms with Crippen LogP contribution in [0, 0.1) is 0 Å². The molecule has 0 spiro atoms. The Hall–Kier alpha value is -1.38. The average Bonchev–Trinajstić information content (AvgIpc) is 2.47. The van der Waals surface area contributed by atoms with Gasteiger partial charge in [0.15, 0.2) is 5.65 Å². The third kappa shape index (κ3) is 1.76. The molecule has 0 aliphatic carbocycles. The number of pyridine rings is 1. The maximum absolute atomic E-state index is 4.49. The Kier molecular flexibility index (Phi) is 2.60. The fraction of sp³-hybridized carbons (Fsp3) is 0.455. The molecule has 14 heavy (non-hydrogen) atoms. The third-order valence-corrected chi connectivity index (χ3v) is 2.07. The van der Waals surface area contributed by atoms with E-state index in [4.69, 9.17) is 0 Å². The van der Waals surface area contributed by atoms with Crippen molar-refractivity contribution >= 4 is 11.0 Å². The highest BCUT2D eigenvalue weighted by molar-refractivity contribution is 5.73. The molecule has 0 fully saturated rings. The van der Waals surface area contributed by atoms with Gasteiger partial charge in [-0.05, 0) is 12.1 Å². The number of fused-ring (bicyclic) bond motifs is 1. The zero-order chi connectivity index (χ0) is 9.47. The maximum atomic E-state index is 4.49. The minimum absolute atomic E-state index is 0. The Morgan fingerprint density at radius 1 is 1.21 bits per heavy atom. The van der Waals surface area contributed by atoms with Gasteiger partial charge in [0.25, 0.3) is 0 Å². The van der Waals surface area contributed by atoms with Crippen LogP contribution in [0.15, 0.2) is 18.3 Å². The number of nitrogens with one attached hydrogen (secondary N) is 1. The van der Waals surface area contributed by atoms with Gasteiger partial charge < -0.3 is 0 Å². The Balaban J connectivity index is 0.000000980. The molecular weight excluding hydrogens is 174 g/mol. The van der Waals surface area contributed by atoms with E-state index in [1.54, 1.807) is 6.20 Å². The summed E-state index contributed by atoms with van der Waals surface area (Å²) in [5.74, 6) is 0. The maximum Gasteiger partial charge on any atom is 0.155 e. The Morgan fingerprint density at radius 3 is 2.57 bits per heavy atom. The first kappa shape index (κ1) is 10.7. The van der Waals surface area contributed by atoms with E-state index in [2.05, 4.69) is 42.0 Å². The molecule has 3 heteroatoms. The second kappa shape index (κ2) is 3.40. The number of aromatic amines is 1. The van der Waals surface area contributed by atoms with E-state index in [1.807, 2.05) is 6.07 Å². The quantitative estimate of drug-likeness (QED) is 0.695. The van der Waals surface area contributed by atoms with Crippen molar-refractivity contribution in [1.82, 2.24) is 15.2 Å². The van der Waals surface area contributed by atoms with E-state index in [0.29, 0.717) is 0 Å². The first-order valence-electron chi connectivity index (χ1n) is 4.38. The normalized spacial score (nSPS) is 11.4. The number of nitrogens with zero attached hydrogens (tertiary/aromatic N) is 2. The molecule has 76 valence electrons. The highest BCUT2D eigenvalue weighted by atomic mass is 15.1. The lowest BCUT2D eigenvalue weighted by Crippen LogP contribution is -2.13. The molecule has 0 aliphatic rings. The van der Waals surface area contributed by atoms with E-state index in [1.165, 1.54) is 0 Å². The van der Waals surface area contributed by atoms with Crippen LogP contribution in [0.2, 0.25) is 0 Å². The SMILES string of the molecule is C.CC(C)(C)c1ccc2cn[nH]c2n1. The highest BCUT2D eigenvalue weighted by Crippen LogP contribution is 2.21. The first-order chi connectivity index (χ1) is 6.07. The van der Waals surface area contributed by atoms with Crippen LogP contribution in [0.3, 0.4) is 0 Å². The summed E-state index contributed by atoms with van der Waals surface area (Å²) in [6, 6.07) is 4.10. The van der Waals surface area contributed by atoms with Crippen LogP contribution in [0.5, 0.6) is 0 Å². The summed E-state index contributed by atoms with van der Waals surface area (Å²) < 4.78 is 0. The summed E-state index contributed by atoms with van der Waals surface area (Å²) in [5, 5.41) is 7.87.